The van der Waals surface area contributed by atoms with E-state index in [4.69, 9.17) is 11.5 Å². The Hall–Kier alpha value is -2.45. The lowest BCUT2D eigenvalue weighted by Crippen LogP contribution is -2.69. The van der Waals surface area contributed by atoms with Crippen LogP contribution in [0.1, 0.15) is 31.2 Å². The first-order valence-electron chi connectivity index (χ1n) is 8.54. The quantitative estimate of drug-likeness (QED) is 0.523. The fourth-order valence-corrected chi connectivity index (χ4v) is 3.22. The third-order valence-corrected chi connectivity index (χ3v) is 4.55. The molecule has 7 N–H and O–H groups in total. The van der Waals surface area contributed by atoms with Gasteiger partial charge in [-0.15, -0.1) is 0 Å². The van der Waals surface area contributed by atoms with Gasteiger partial charge in [0, 0.05) is 24.5 Å². The van der Waals surface area contributed by atoms with E-state index < -0.39 is 11.7 Å². The normalized spacial score (nSPS) is 28.8. The van der Waals surface area contributed by atoms with E-state index in [2.05, 4.69) is 25.9 Å². The number of primary amides is 1. The van der Waals surface area contributed by atoms with Gasteiger partial charge in [0.2, 0.25) is 0 Å². The summed E-state index contributed by atoms with van der Waals surface area (Å²) >= 11 is 0. The molecular weight excluding hydrogens is 318 g/mol. The number of aryl methyl sites for hydroxylation is 1. The average Bonchev–Trinajstić information content (AvgIpc) is 2.57. The zero-order valence-electron chi connectivity index (χ0n) is 14.3. The van der Waals surface area contributed by atoms with Crippen molar-refractivity contribution < 1.29 is 4.79 Å². The molecule has 0 spiro atoms. The van der Waals surface area contributed by atoms with Gasteiger partial charge in [-0.3, -0.25) is 15.1 Å². The van der Waals surface area contributed by atoms with E-state index in [1.54, 1.807) is 24.7 Å². The number of nitrogens with one attached hydrogen (secondary N) is 3. The monoisotopic (exact) mass is 343 g/mol. The van der Waals surface area contributed by atoms with Gasteiger partial charge in [-0.05, 0) is 37.5 Å². The second kappa shape index (κ2) is 7.20. The summed E-state index contributed by atoms with van der Waals surface area (Å²) in [5, 5.41) is 9.52. The molecule has 2 aliphatic rings. The largest absolute Gasteiger partial charge is 0.365 e. The molecule has 1 aromatic rings. The third-order valence-electron chi connectivity index (χ3n) is 4.55. The first-order chi connectivity index (χ1) is 12.0. The van der Waals surface area contributed by atoms with Gasteiger partial charge in [0.1, 0.15) is 5.82 Å². The second-order valence-electron chi connectivity index (χ2n) is 6.63. The summed E-state index contributed by atoms with van der Waals surface area (Å²) in [6.07, 6.45) is 10.8. The molecule has 1 saturated carbocycles. The number of amides is 1. The summed E-state index contributed by atoms with van der Waals surface area (Å²) in [6.45, 7) is 1.96. The van der Waals surface area contributed by atoms with E-state index in [1.165, 1.54) is 0 Å². The number of carbonyl (C=O) groups is 1. The Bertz CT molecular complexity index is 702. The second-order valence-corrected chi connectivity index (χ2v) is 6.63. The topological polar surface area (TPSA) is 130 Å². The number of pyridine rings is 1. The molecule has 0 aromatic carbocycles. The van der Waals surface area contributed by atoms with Crippen LogP contribution >= 0.6 is 0 Å². The summed E-state index contributed by atoms with van der Waals surface area (Å²) in [5.41, 5.74) is 13.7. The van der Waals surface area contributed by atoms with Gasteiger partial charge in [-0.1, -0.05) is 12.8 Å². The molecule has 25 heavy (non-hydrogen) atoms. The predicted molar refractivity (Wildman–Crippen MR) is 97.6 cm³/mol. The van der Waals surface area contributed by atoms with Crippen LogP contribution in [-0.4, -0.2) is 35.0 Å². The number of nitrogens with two attached hydrogens (primary N) is 2. The molecule has 2 heterocycles. The standard InChI is InChI=1S/C17H25N7O/c1-11-8-12(10-20-9-11)22-15-6-7-21-17(24-15,16(19)25)23-14-5-3-2-4-13(14)18/h6-10,13-14,22-24H,2-5,18H2,1H3,(H2,19,25)/t13-,14+,17?/m0/s1. The van der Waals surface area contributed by atoms with E-state index in [0.717, 1.165) is 36.9 Å². The van der Waals surface area contributed by atoms with Crippen molar-refractivity contribution in [1.82, 2.24) is 15.6 Å². The number of aromatic nitrogens is 1. The molecule has 0 saturated heterocycles. The molecule has 1 fully saturated rings. The summed E-state index contributed by atoms with van der Waals surface area (Å²) < 4.78 is 0. The van der Waals surface area contributed by atoms with Crippen LogP contribution in [0.5, 0.6) is 0 Å². The first kappa shape index (κ1) is 17.4. The molecule has 0 radical (unpaired) electrons. The van der Waals surface area contributed by atoms with Gasteiger partial charge in [-0.2, -0.15) is 0 Å². The van der Waals surface area contributed by atoms with Crippen LogP contribution in [0.25, 0.3) is 0 Å². The lowest BCUT2D eigenvalue weighted by atomic mass is 9.90. The molecule has 3 atom stereocenters. The Balaban J connectivity index is 1.76. The van der Waals surface area contributed by atoms with E-state index in [9.17, 15) is 4.79 Å². The first-order valence-corrected chi connectivity index (χ1v) is 8.54. The third kappa shape index (κ3) is 3.97. The fourth-order valence-electron chi connectivity index (χ4n) is 3.22. The maximum absolute atomic E-state index is 12.2. The summed E-state index contributed by atoms with van der Waals surface area (Å²) in [7, 11) is 0. The Labute approximate surface area is 147 Å². The zero-order valence-corrected chi connectivity index (χ0v) is 14.3. The molecule has 1 aliphatic heterocycles. The van der Waals surface area contributed by atoms with Crippen molar-refractivity contribution in [2.24, 2.45) is 16.5 Å². The van der Waals surface area contributed by atoms with Gasteiger partial charge in [0.15, 0.2) is 0 Å². The van der Waals surface area contributed by atoms with Gasteiger partial charge in [-0.25, -0.2) is 4.99 Å². The van der Waals surface area contributed by atoms with Crippen molar-refractivity contribution in [2.75, 3.05) is 5.32 Å². The van der Waals surface area contributed by atoms with Crippen LogP contribution < -0.4 is 27.4 Å². The zero-order chi connectivity index (χ0) is 17.9. The van der Waals surface area contributed by atoms with E-state index in [0.29, 0.717) is 5.82 Å². The van der Waals surface area contributed by atoms with Crippen LogP contribution in [0.15, 0.2) is 35.3 Å². The van der Waals surface area contributed by atoms with Crippen molar-refractivity contribution in [3.05, 3.63) is 35.9 Å². The molecule has 1 aliphatic carbocycles. The summed E-state index contributed by atoms with van der Waals surface area (Å²) in [5.74, 6) is -1.40. The molecule has 8 heteroatoms. The molecule has 0 bridgehead atoms. The summed E-state index contributed by atoms with van der Waals surface area (Å²) in [4.78, 5) is 20.6. The minimum atomic E-state index is -1.41. The maximum Gasteiger partial charge on any atom is 0.282 e. The van der Waals surface area contributed by atoms with Crippen molar-refractivity contribution in [2.45, 2.75) is 50.5 Å². The number of allylic oxidation sites excluding steroid dienone is 1. The minimum Gasteiger partial charge on any atom is -0.365 e. The smallest absolute Gasteiger partial charge is 0.282 e. The highest BCUT2D eigenvalue weighted by Gasteiger charge is 2.41. The van der Waals surface area contributed by atoms with Crippen molar-refractivity contribution in [1.29, 1.82) is 0 Å². The number of anilines is 1. The lowest BCUT2D eigenvalue weighted by molar-refractivity contribution is -0.125. The Kier molecular flexibility index (Phi) is 5.00. The Morgan fingerprint density at radius 3 is 2.88 bits per heavy atom. The highest BCUT2D eigenvalue weighted by Crippen LogP contribution is 2.21. The van der Waals surface area contributed by atoms with Crippen LogP contribution in [0.3, 0.4) is 0 Å². The Morgan fingerprint density at radius 2 is 2.16 bits per heavy atom. The van der Waals surface area contributed by atoms with Gasteiger partial charge in [0.25, 0.3) is 11.7 Å². The number of hydrogen-bond acceptors (Lipinski definition) is 7. The number of aliphatic imine (C=N–C) groups is 1. The van der Waals surface area contributed by atoms with Crippen molar-refractivity contribution in [3.63, 3.8) is 0 Å². The van der Waals surface area contributed by atoms with Gasteiger partial charge >= 0.3 is 0 Å². The molecule has 1 amide bonds. The average molecular weight is 343 g/mol. The van der Waals surface area contributed by atoms with Crippen LogP contribution in [0, 0.1) is 6.92 Å². The number of hydrogen-bond donors (Lipinski definition) is 5. The molecule has 1 aromatic heterocycles. The highest BCUT2D eigenvalue weighted by atomic mass is 16.2. The number of carbonyl (C=O) groups excluding carboxylic acids is 1. The molecule has 3 rings (SSSR count). The van der Waals surface area contributed by atoms with Gasteiger partial charge < -0.3 is 22.1 Å². The lowest BCUT2D eigenvalue weighted by Gasteiger charge is -2.39. The van der Waals surface area contributed by atoms with Crippen molar-refractivity contribution in [3.8, 4) is 0 Å². The van der Waals surface area contributed by atoms with Crippen LogP contribution in [0.4, 0.5) is 5.69 Å². The minimum absolute atomic E-state index is 0.0223. The molecule has 8 nitrogen and oxygen atoms in total. The van der Waals surface area contributed by atoms with E-state index in [-0.39, 0.29) is 12.1 Å². The number of rotatable bonds is 5. The van der Waals surface area contributed by atoms with E-state index >= 15 is 0 Å². The summed E-state index contributed by atoms with van der Waals surface area (Å²) in [6, 6.07) is 1.91. The number of nitrogens with zero attached hydrogens (tertiary/aromatic N) is 2. The van der Waals surface area contributed by atoms with Gasteiger partial charge in [0.05, 0.1) is 11.9 Å². The molecular formula is C17H25N7O. The Morgan fingerprint density at radius 1 is 1.36 bits per heavy atom. The van der Waals surface area contributed by atoms with Crippen LogP contribution in [-0.2, 0) is 4.79 Å². The van der Waals surface area contributed by atoms with Crippen LogP contribution in [0.2, 0.25) is 0 Å². The van der Waals surface area contributed by atoms with Crippen molar-refractivity contribution >= 4 is 17.8 Å². The highest BCUT2D eigenvalue weighted by molar-refractivity contribution is 5.89. The predicted octanol–water partition coefficient (Wildman–Crippen LogP) is 0.316. The van der Waals surface area contributed by atoms with E-state index in [1.807, 2.05) is 13.0 Å². The SMILES string of the molecule is Cc1cncc(NC2=CC=NC(N[C@@H]3CCCC[C@@H]3N)(C(N)=O)N2)c1. The molecule has 134 valence electrons. The fraction of sp³-hybridized carbons (Fsp3) is 0.471. The maximum atomic E-state index is 12.2. The molecule has 1 unspecified atom stereocenters.